The number of carbonyl (C=O) groups excluding carboxylic acids is 1. The van der Waals surface area contributed by atoms with E-state index in [1.54, 1.807) is 36.9 Å². The van der Waals surface area contributed by atoms with Crippen molar-refractivity contribution in [3.8, 4) is 0 Å². The predicted octanol–water partition coefficient (Wildman–Crippen LogP) is 2.49. The Hall–Kier alpha value is -0.710. The molecule has 0 aromatic heterocycles. The highest BCUT2D eigenvalue weighted by molar-refractivity contribution is 7.98. The summed E-state index contributed by atoms with van der Waals surface area (Å²) >= 11 is 7.44. The summed E-state index contributed by atoms with van der Waals surface area (Å²) in [6.07, 6.45) is 1.92. The highest BCUT2D eigenvalue weighted by Gasteiger charge is 2.20. The first kappa shape index (κ1) is 15.3. The van der Waals surface area contributed by atoms with Gasteiger partial charge in [-0.05, 0) is 43.9 Å². The second kappa shape index (κ2) is 6.45. The highest BCUT2D eigenvalue weighted by atomic mass is 35.5. The van der Waals surface area contributed by atoms with Gasteiger partial charge in [-0.1, -0.05) is 11.6 Å². The van der Waals surface area contributed by atoms with Crippen LogP contribution in [0.25, 0.3) is 0 Å². The molecule has 1 atom stereocenters. The van der Waals surface area contributed by atoms with Crippen LogP contribution in [-0.4, -0.2) is 35.2 Å². The van der Waals surface area contributed by atoms with Crippen LogP contribution in [0.2, 0.25) is 5.02 Å². The first-order valence-electron chi connectivity index (χ1n) is 5.61. The molecule has 0 saturated carbocycles. The predicted molar refractivity (Wildman–Crippen MR) is 77.5 cm³/mol. The molecule has 2 N–H and O–H groups in total. The van der Waals surface area contributed by atoms with Gasteiger partial charge in [0.25, 0.3) is 5.91 Å². The zero-order valence-corrected chi connectivity index (χ0v) is 12.4. The Balaban J connectivity index is 2.63. The Labute approximate surface area is 117 Å². The number of nitrogens with one attached hydrogen (secondary N) is 1. The monoisotopic (exact) mass is 287 g/mol. The van der Waals surface area contributed by atoms with Crippen molar-refractivity contribution in [1.82, 2.24) is 5.32 Å². The first-order chi connectivity index (χ1) is 8.35. The van der Waals surface area contributed by atoms with Crippen molar-refractivity contribution in [1.29, 1.82) is 0 Å². The molecule has 0 aliphatic heterocycles. The van der Waals surface area contributed by atoms with E-state index in [4.69, 9.17) is 11.6 Å². The van der Waals surface area contributed by atoms with Gasteiger partial charge in [0, 0.05) is 22.9 Å². The van der Waals surface area contributed by atoms with Crippen molar-refractivity contribution in [2.45, 2.75) is 19.4 Å². The molecule has 0 radical (unpaired) electrons. The number of hydrogen-bond donors (Lipinski definition) is 2. The van der Waals surface area contributed by atoms with Crippen molar-refractivity contribution in [3.05, 3.63) is 34.3 Å². The fourth-order valence-corrected chi connectivity index (χ4v) is 2.36. The van der Waals surface area contributed by atoms with Crippen LogP contribution < -0.4 is 5.32 Å². The summed E-state index contributed by atoms with van der Waals surface area (Å²) in [6, 6.07) is 5.11. The molecule has 1 unspecified atom stereocenters. The van der Waals surface area contributed by atoms with Crippen LogP contribution >= 0.6 is 23.4 Å². The molecule has 18 heavy (non-hydrogen) atoms. The number of aryl methyl sites for hydroxylation is 1. The maximum Gasteiger partial charge on any atom is 0.251 e. The molecule has 0 spiro atoms. The van der Waals surface area contributed by atoms with Gasteiger partial charge in [-0.15, -0.1) is 0 Å². The first-order valence-corrected chi connectivity index (χ1v) is 7.38. The van der Waals surface area contributed by atoms with E-state index in [2.05, 4.69) is 5.32 Å². The number of hydrogen-bond acceptors (Lipinski definition) is 3. The number of rotatable bonds is 5. The van der Waals surface area contributed by atoms with E-state index in [1.165, 1.54) is 0 Å². The van der Waals surface area contributed by atoms with Crippen LogP contribution in [0.4, 0.5) is 0 Å². The summed E-state index contributed by atoms with van der Waals surface area (Å²) < 4.78 is 0. The lowest BCUT2D eigenvalue weighted by molar-refractivity contribution is 0.0725. The van der Waals surface area contributed by atoms with E-state index >= 15 is 0 Å². The lowest BCUT2D eigenvalue weighted by atomic mass is 10.1. The third-order valence-corrected chi connectivity index (χ3v) is 3.84. The molecule has 100 valence electrons. The molecule has 0 heterocycles. The molecule has 1 rings (SSSR count). The molecule has 1 aromatic rings. The number of aliphatic hydroxyl groups is 1. The van der Waals surface area contributed by atoms with Crippen molar-refractivity contribution in [2.24, 2.45) is 0 Å². The lowest BCUT2D eigenvalue weighted by Gasteiger charge is -2.22. The molecule has 1 aromatic carbocycles. The Morgan fingerprint density at radius 3 is 2.78 bits per heavy atom. The Morgan fingerprint density at radius 2 is 2.22 bits per heavy atom. The van der Waals surface area contributed by atoms with E-state index < -0.39 is 5.60 Å². The van der Waals surface area contributed by atoms with Crippen LogP contribution in [0.3, 0.4) is 0 Å². The molecule has 0 aliphatic rings. The Bertz CT molecular complexity index is 435. The quantitative estimate of drug-likeness (QED) is 0.875. The highest BCUT2D eigenvalue weighted by Crippen LogP contribution is 2.16. The molecule has 0 saturated heterocycles. The third-order valence-electron chi connectivity index (χ3n) is 2.51. The number of thioether (sulfide) groups is 1. The average molecular weight is 288 g/mol. The van der Waals surface area contributed by atoms with Crippen LogP contribution in [-0.2, 0) is 0 Å². The van der Waals surface area contributed by atoms with E-state index in [0.29, 0.717) is 16.3 Å². The molecular weight excluding hydrogens is 270 g/mol. The number of amides is 1. The number of benzene rings is 1. The van der Waals surface area contributed by atoms with Crippen LogP contribution in [0.1, 0.15) is 22.8 Å². The van der Waals surface area contributed by atoms with Crippen LogP contribution in [0, 0.1) is 6.92 Å². The Kier molecular flexibility index (Phi) is 5.50. The van der Waals surface area contributed by atoms with Crippen molar-refractivity contribution in [3.63, 3.8) is 0 Å². The maximum absolute atomic E-state index is 11.9. The van der Waals surface area contributed by atoms with Gasteiger partial charge < -0.3 is 10.4 Å². The second-order valence-electron chi connectivity index (χ2n) is 4.58. The normalized spacial score (nSPS) is 14.1. The van der Waals surface area contributed by atoms with E-state index in [1.807, 2.05) is 13.2 Å². The minimum absolute atomic E-state index is 0.198. The van der Waals surface area contributed by atoms with Crippen molar-refractivity contribution in [2.75, 3.05) is 18.6 Å². The van der Waals surface area contributed by atoms with Gasteiger partial charge in [-0.3, -0.25) is 4.79 Å². The summed E-state index contributed by atoms with van der Waals surface area (Å²) in [5.41, 5.74) is 0.522. The topological polar surface area (TPSA) is 49.3 Å². The standard InChI is InChI=1S/C13H18ClNO2S/c1-9-6-10(4-5-11(9)14)12(16)15-7-13(2,17)8-18-3/h4-6,17H,7-8H2,1-3H3,(H,15,16). The molecule has 3 nitrogen and oxygen atoms in total. The SMILES string of the molecule is CSCC(C)(O)CNC(=O)c1ccc(Cl)c(C)c1. The summed E-state index contributed by atoms with van der Waals surface area (Å²) in [4.78, 5) is 11.9. The summed E-state index contributed by atoms with van der Waals surface area (Å²) in [5, 5.41) is 13.3. The molecule has 1 amide bonds. The molecule has 0 aliphatic carbocycles. The summed E-state index contributed by atoms with van der Waals surface area (Å²) in [5.74, 6) is 0.378. The minimum Gasteiger partial charge on any atom is -0.387 e. The molecule has 5 heteroatoms. The van der Waals surface area contributed by atoms with Gasteiger partial charge >= 0.3 is 0 Å². The zero-order valence-electron chi connectivity index (χ0n) is 10.8. The smallest absolute Gasteiger partial charge is 0.251 e. The van der Waals surface area contributed by atoms with E-state index in [0.717, 1.165) is 5.56 Å². The summed E-state index contributed by atoms with van der Waals surface area (Å²) in [6.45, 7) is 3.79. The zero-order chi connectivity index (χ0) is 13.8. The van der Waals surface area contributed by atoms with Crippen LogP contribution in [0.5, 0.6) is 0 Å². The van der Waals surface area contributed by atoms with Gasteiger partial charge in [0.2, 0.25) is 0 Å². The maximum atomic E-state index is 11.9. The third kappa shape index (κ3) is 4.52. The molecular formula is C13H18ClNO2S. The van der Waals surface area contributed by atoms with Gasteiger partial charge in [-0.25, -0.2) is 0 Å². The average Bonchev–Trinajstić information content (AvgIpc) is 2.30. The van der Waals surface area contributed by atoms with E-state index in [9.17, 15) is 9.90 Å². The van der Waals surface area contributed by atoms with Gasteiger partial charge in [-0.2, -0.15) is 11.8 Å². The fraction of sp³-hybridized carbons (Fsp3) is 0.462. The Morgan fingerprint density at radius 1 is 1.56 bits per heavy atom. The summed E-state index contributed by atoms with van der Waals surface area (Å²) in [7, 11) is 0. The van der Waals surface area contributed by atoms with Crippen molar-refractivity contribution < 1.29 is 9.90 Å². The lowest BCUT2D eigenvalue weighted by Crippen LogP contribution is -2.42. The number of halogens is 1. The molecule has 0 fully saturated rings. The van der Waals surface area contributed by atoms with Gasteiger partial charge in [0.15, 0.2) is 0 Å². The van der Waals surface area contributed by atoms with Crippen LogP contribution in [0.15, 0.2) is 18.2 Å². The van der Waals surface area contributed by atoms with Crippen molar-refractivity contribution >= 4 is 29.3 Å². The molecule has 0 bridgehead atoms. The minimum atomic E-state index is -0.892. The fourth-order valence-electron chi connectivity index (χ4n) is 1.52. The van der Waals surface area contributed by atoms with Gasteiger partial charge in [0.1, 0.15) is 0 Å². The van der Waals surface area contributed by atoms with E-state index in [-0.39, 0.29) is 12.5 Å². The van der Waals surface area contributed by atoms with Gasteiger partial charge in [0.05, 0.1) is 5.60 Å². The largest absolute Gasteiger partial charge is 0.387 e. The number of carbonyl (C=O) groups is 1. The second-order valence-corrected chi connectivity index (χ2v) is 5.85.